The average Bonchev–Trinajstić information content (AvgIpc) is 2.75. The molecule has 0 spiro atoms. The second-order valence-corrected chi connectivity index (χ2v) is 10.5. The number of ether oxygens (including phenoxy) is 3. The van der Waals surface area contributed by atoms with E-state index in [9.17, 15) is 18.0 Å². The molecule has 0 aliphatic heterocycles. The number of carbonyl (C=O) groups is 2. The van der Waals surface area contributed by atoms with Crippen LogP contribution in [0.1, 0.15) is 42.3 Å². The minimum absolute atomic E-state index is 0.0585. The molecule has 0 saturated heterocycles. The summed E-state index contributed by atoms with van der Waals surface area (Å²) in [5, 5.41) is 0. The SMILES string of the molecule is COc1ccc(CN(C)C(=O)COC(=O)c2cc(S(=O)(=O)NC(C)(C)C)ccc2C)cc1OC. The third-order valence-electron chi connectivity index (χ3n) is 4.80. The van der Waals surface area contributed by atoms with Gasteiger partial charge >= 0.3 is 5.97 Å². The summed E-state index contributed by atoms with van der Waals surface area (Å²) in [5.74, 6) is -0.0813. The van der Waals surface area contributed by atoms with Crippen molar-refractivity contribution in [1.82, 2.24) is 9.62 Å². The molecule has 10 heteroatoms. The molecular formula is C24H32N2O7S. The molecule has 0 aromatic heterocycles. The van der Waals surface area contributed by atoms with Crippen LogP contribution in [0.15, 0.2) is 41.3 Å². The van der Waals surface area contributed by atoms with E-state index >= 15 is 0 Å². The number of esters is 1. The lowest BCUT2D eigenvalue weighted by atomic mass is 10.1. The van der Waals surface area contributed by atoms with E-state index in [0.29, 0.717) is 17.1 Å². The monoisotopic (exact) mass is 492 g/mol. The zero-order chi connectivity index (χ0) is 25.7. The average molecular weight is 493 g/mol. The van der Waals surface area contributed by atoms with Gasteiger partial charge in [-0.15, -0.1) is 0 Å². The smallest absolute Gasteiger partial charge is 0.338 e. The number of likely N-dealkylation sites (N-methyl/N-ethyl adjacent to an activating group) is 1. The first-order valence-corrected chi connectivity index (χ1v) is 12.0. The van der Waals surface area contributed by atoms with Crippen LogP contribution >= 0.6 is 0 Å². The van der Waals surface area contributed by atoms with Crippen molar-refractivity contribution in [2.75, 3.05) is 27.9 Å². The third-order valence-corrected chi connectivity index (χ3v) is 6.56. The molecule has 0 fully saturated rings. The molecule has 2 aromatic rings. The van der Waals surface area contributed by atoms with Crippen molar-refractivity contribution >= 4 is 21.9 Å². The highest BCUT2D eigenvalue weighted by Crippen LogP contribution is 2.28. The molecule has 2 rings (SSSR count). The molecule has 0 aliphatic carbocycles. The number of rotatable bonds is 9. The lowest BCUT2D eigenvalue weighted by Crippen LogP contribution is -2.40. The Bertz CT molecular complexity index is 1150. The van der Waals surface area contributed by atoms with Crippen LogP contribution in [0.4, 0.5) is 0 Å². The lowest BCUT2D eigenvalue weighted by Gasteiger charge is -2.21. The van der Waals surface area contributed by atoms with E-state index < -0.39 is 34.0 Å². The highest BCUT2D eigenvalue weighted by molar-refractivity contribution is 7.89. The number of sulfonamides is 1. The third kappa shape index (κ3) is 7.19. The topological polar surface area (TPSA) is 111 Å². The minimum atomic E-state index is -3.83. The first kappa shape index (κ1) is 27.1. The highest BCUT2D eigenvalue weighted by Gasteiger charge is 2.24. The fraction of sp³-hybridized carbons (Fsp3) is 0.417. The van der Waals surface area contributed by atoms with Crippen molar-refractivity contribution in [1.29, 1.82) is 0 Å². The van der Waals surface area contributed by atoms with Crippen molar-refractivity contribution in [2.45, 2.75) is 44.7 Å². The summed E-state index contributed by atoms with van der Waals surface area (Å²) in [6.07, 6.45) is 0. The van der Waals surface area contributed by atoms with Crippen molar-refractivity contribution in [2.24, 2.45) is 0 Å². The van der Waals surface area contributed by atoms with Gasteiger partial charge in [-0.05, 0) is 63.1 Å². The Morgan fingerprint density at radius 3 is 2.24 bits per heavy atom. The summed E-state index contributed by atoms with van der Waals surface area (Å²) in [6.45, 7) is 6.60. The fourth-order valence-electron chi connectivity index (χ4n) is 3.11. The maximum atomic E-state index is 12.6. The van der Waals surface area contributed by atoms with Gasteiger partial charge in [0.2, 0.25) is 10.0 Å². The van der Waals surface area contributed by atoms with E-state index in [0.717, 1.165) is 5.56 Å². The van der Waals surface area contributed by atoms with E-state index in [2.05, 4.69) is 4.72 Å². The standard InChI is InChI=1S/C24H32N2O7S/c1-16-8-10-18(34(29,30)25-24(2,3)4)13-19(16)23(28)33-15-22(27)26(5)14-17-9-11-20(31-6)21(12-17)32-7/h8-13,25H,14-15H2,1-7H3. The van der Waals surface area contributed by atoms with Gasteiger partial charge in [-0.3, -0.25) is 4.79 Å². The molecule has 0 heterocycles. The first-order chi connectivity index (χ1) is 15.8. The van der Waals surface area contributed by atoms with Crippen LogP contribution in [-0.4, -0.2) is 58.6 Å². The zero-order valence-electron chi connectivity index (χ0n) is 20.6. The van der Waals surface area contributed by atoms with Gasteiger partial charge in [-0.1, -0.05) is 12.1 Å². The molecule has 34 heavy (non-hydrogen) atoms. The van der Waals surface area contributed by atoms with Crippen LogP contribution in [0.5, 0.6) is 11.5 Å². The Labute approximate surface area is 201 Å². The van der Waals surface area contributed by atoms with Gasteiger partial charge < -0.3 is 19.1 Å². The van der Waals surface area contributed by atoms with Crippen LogP contribution in [0.2, 0.25) is 0 Å². The summed E-state index contributed by atoms with van der Waals surface area (Å²) >= 11 is 0. The van der Waals surface area contributed by atoms with E-state index in [4.69, 9.17) is 14.2 Å². The van der Waals surface area contributed by atoms with Gasteiger partial charge in [0.25, 0.3) is 5.91 Å². The quantitative estimate of drug-likeness (QED) is 0.536. The van der Waals surface area contributed by atoms with Crippen molar-refractivity contribution < 1.29 is 32.2 Å². The predicted molar refractivity (Wildman–Crippen MR) is 128 cm³/mol. The van der Waals surface area contributed by atoms with Crippen molar-refractivity contribution in [3.63, 3.8) is 0 Å². The molecule has 0 bridgehead atoms. The van der Waals surface area contributed by atoms with Gasteiger partial charge in [0, 0.05) is 19.1 Å². The van der Waals surface area contributed by atoms with E-state index in [1.807, 2.05) is 0 Å². The maximum Gasteiger partial charge on any atom is 0.338 e. The molecule has 0 atom stereocenters. The minimum Gasteiger partial charge on any atom is -0.493 e. The number of hydrogen-bond acceptors (Lipinski definition) is 7. The molecule has 0 unspecified atom stereocenters. The predicted octanol–water partition coefficient (Wildman–Crippen LogP) is 2.90. The second-order valence-electron chi connectivity index (χ2n) is 8.85. The van der Waals surface area contributed by atoms with Crippen LogP contribution in [-0.2, 0) is 26.1 Å². The molecule has 2 aromatic carbocycles. The van der Waals surface area contributed by atoms with Crippen LogP contribution < -0.4 is 14.2 Å². The summed E-state index contributed by atoms with van der Waals surface area (Å²) < 4.78 is 43.4. The summed E-state index contributed by atoms with van der Waals surface area (Å²) in [4.78, 5) is 26.5. The number of amides is 1. The van der Waals surface area contributed by atoms with Crippen molar-refractivity contribution in [3.05, 3.63) is 53.1 Å². The maximum absolute atomic E-state index is 12.6. The second kappa shape index (κ2) is 10.9. The number of methoxy groups -OCH3 is 2. The van der Waals surface area contributed by atoms with Gasteiger partial charge in [-0.2, -0.15) is 0 Å². The number of hydrogen-bond donors (Lipinski definition) is 1. The Morgan fingerprint density at radius 2 is 1.65 bits per heavy atom. The zero-order valence-corrected chi connectivity index (χ0v) is 21.4. The van der Waals surface area contributed by atoms with E-state index in [1.165, 1.54) is 37.3 Å². The number of benzene rings is 2. The van der Waals surface area contributed by atoms with Crippen LogP contribution in [0.25, 0.3) is 0 Å². The number of aryl methyl sites for hydroxylation is 1. The number of carbonyl (C=O) groups excluding carboxylic acids is 2. The normalized spacial score (nSPS) is 11.6. The molecule has 1 amide bonds. The van der Waals surface area contributed by atoms with E-state index in [-0.39, 0.29) is 17.0 Å². The molecule has 0 saturated carbocycles. The Balaban J connectivity index is 2.07. The van der Waals surface area contributed by atoms with Crippen LogP contribution in [0, 0.1) is 6.92 Å². The first-order valence-electron chi connectivity index (χ1n) is 10.5. The molecule has 9 nitrogen and oxygen atoms in total. The highest BCUT2D eigenvalue weighted by atomic mass is 32.2. The molecule has 1 N–H and O–H groups in total. The molecule has 0 aliphatic rings. The van der Waals surface area contributed by atoms with Crippen LogP contribution in [0.3, 0.4) is 0 Å². The van der Waals surface area contributed by atoms with Gasteiger partial charge in [0.1, 0.15) is 0 Å². The molecule has 186 valence electrons. The molecule has 0 radical (unpaired) electrons. The Kier molecular flexibility index (Phi) is 8.68. The van der Waals surface area contributed by atoms with Crippen molar-refractivity contribution in [3.8, 4) is 11.5 Å². The van der Waals surface area contributed by atoms with E-state index in [1.54, 1.807) is 52.9 Å². The molecular weight excluding hydrogens is 460 g/mol. The lowest BCUT2D eigenvalue weighted by molar-refractivity contribution is -0.133. The van der Waals surface area contributed by atoms with Gasteiger partial charge in [0.05, 0.1) is 24.7 Å². The largest absolute Gasteiger partial charge is 0.493 e. The summed E-state index contributed by atoms with van der Waals surface area (Å²) in [7, 11) is 0.816. The van der Waals surface area contributed by atoms with Gasteiger partial charge in [-0.25, -0.2) is 17.9 Å². The Morgan fingerprint density at radius 1 is 1.00 bits per heavy atom. The summed E-state index contributed by atoms with van der Waals surface area (Å²) in [5.41, 5.74) is 0.729. The number of nitrogens with zero attached hydrogens (tertiary/aromatic N) is 1. The number of nitrogens with one attached hydrogen (secondary N) is 1. The summed E-state index contributed by atoms with van der Waals surface area (Å²) in [6, 6.07) is 9.50. The Hall–Kier alpha value is -3.11. The van der Waals surface area contributed by atoms with Gasteiger partial charge in [0.15, 0.2) is 18.1 Å². The fourth-order valence-corrected chi connectivity index (χ4v) is 4.55.